The van der Waals surface area contributed by atoms with Gasteiger partial charge in [-0.05, 0) is 60.6 Å². The number of carbonyl (C=O) groups excluding carboxylic acids is 1. The lowest BCUT2D eigenvalue weighted by atomic mass is 10.1. The number of hydrogen-bond acceptors (Lipinski definition) is 4. The molecule has 0 bridgehead atoms. The number of nitrogens with zero attached hydrogens (tertiary/aromatic N) is 1. The minimum absolute atomic E-state index is 0.00797. The molecule has 2 N–H and O–H groups in total. The summed E-state index contributed by atoms with van der Waals surface area (Å²) in [5.74, 6) is 0.00797. The number of amides is 1. The summed E-state index contributed by atoms with van der Waals surface area (Å²) in [4.78, 5) is 15.1. The lowest BCUT2D eigenvalue weighted by Crippen LogP contribution is -2.38. The van der Waals surface area contributed by atoms with E-state index in [0.717, 1.165) is 51.4 Å². The molecule has 5 nitrogen and oxygen atoms in total. The zero-order valence-corrected chi connectivity index (χ0v) is 17.2. The van der Waals surface area contributed by atoms with Gasteiger partial charge in [0.1, 0.15) is 0 Å². The quantitative estimate of drug-likeness (QED) is 0.759. The van der Waals surface area contributed by atoms with Crippen LogP contribution in [-0.4, -0.2) is 43.2 Å². The Kier molecular flexibility index (Phi) is 6.60. The predicted molar refractivity (Wildman–Crippen MR) is 116 cm³/mol. The molecule has 2 aliphatic rings. The molecule has 1 aliphatic heterocycles. The van der Waals surface area contributed by atoms with Gasteiger partial charge in [0.25, 0.3) is 0 Å². The van der Waals surface area contributed by atoms with Crippen molar-refractivity contribution in [1.29, 1.82) is 0 Å². The Morgan fingerprint density at radius 3 is 2.66 bits per heavy atom. The number of nitrogens with one attached hydrogen (secondary N) is 2. The lowest BCUT2D eigenvalue weighted by molar-refractivity contribution is -0.117. The van der Waals surface area contributed by atoms with E-state index in [1.165, 1.54) is 28.7 Å². The normalized spacial score (nSPS) is 17.7. The average molecular weight is 394 g/mol. The molecule has 1 fully saturated rings. The van der Waals surface area contributed by atoms with Gasteiger partial charge in [-0.25, -0.2) is 0 Å². The SMILES string of the molecule is C[C@@H](NCc1ccccc1CN1CCOCC1)C(=O)Nc1ccc2c(c1)CCC2. The van der Waals surface area contributed by atoms with E-state index >= 15 is 0 Å². The Morgan fingerprint density at radius 2 is 1.83 bits per heavy atom. The second-order valence-electron chi connectivity index (χ2n) is 8.09. The Balaban J connectivity index is 1.32. The Hall–Kier alpha value is -2.21. The van der Waals surface area contributed by atoms with Gasteiger partial charge < -0.3 is 15.4 Å². The van der Waals surface area contributed by atoms with Crippen LogP contribution in [0.3, 0.4) is 0 Å². The summed E-state index contributed by atoms with van der Waals surface area (Å²) >= 11 is 0. The number of anilines is 1. The highest BCUT2D eigenvalue weighted by molar-refractivity contribution is 5.94. The molecule has 2 aromatic carbocycles. The average Bonchev–Trinajstić information content (AvgIpc) is 3.21. The van der Waals surface area contributed by atoms with Crippen LogP contribution >= 0.6 is 0 Å². The third-order valence-electron chi connectivity index (χ3n) is 5.97. The number of carbonyl (C=O) groups is 1. The van der Waals surface area contributed by atoms with E-state index in [2.05, 4.69) is 51.9 Å². The first-order valence-corrected chi connectivity index (χ1v) is 10.7. The highest BCUT2D eigenvalue weighted by Crippen LogP contribution is 2.25. The lowest BCUT2D eigenvalue weighted by Gasteiger charge is -2.27. The van der Waals surface area contributed by atoms with Crippen LogP contribution in [0.15, 0.2) is 42.5 Å². The molecule has 2 aromatic rings. The van der Waals surface area contributed by atoms with E-state index < -0.39 is 0 Å². The fourth-order valence-corrected chi connectivity index (χ4v) is 4.14. The van der Waals surface area contributed by atoms with Gasteiger partial charge in [0.2, 0.25) is 5.91 Å². The monoisotopic (exact) mass is 393 g/mol. The van der Waals surface area contributed by atoms with Gasteiger partial charge in [-0.2, -0.15) is 0 Å². The smallest absolute Gasteiger partial charge is 0.241 e. The Morgan fingerprint density at radius 1 is 1.07 bits per heavy atom. The summed E-state index contributed by atoms with van der Waals surface area (Å²) < 4.78 is 5.45. The predicted octanol–water partition coefficient (Wildman–Crippen LogP) is 3.12. The van der Waals surface area contributed by atoms with E-state index in [4.69, 9.17) is 4.74 Å². The molecule has 1 amide bonds. The van der Waals surface area contributed by atoms with Crippen LogP contribution in [-0.2, 0) is 35.5 Å². The number of ether oxygens (including phenoxy) is 1. The Bertz CT molecular complexity index is 846. The van der Waals surface area contributed by atoms with Gasteiger partial charge in [0.15, 0.2) is 0 Å². The zero-order chi connectivity index (χ0) is 20.1. The van der Waals surface area contributed by atoms with Gasteiger partial charge >= 0.3 is 0 Å². The first kappa shape index (κ1) is 20.1. The van der Waals surface area contributed by atoms with Crippen LogP contribution in [0, 0.1) is 0 Å². The third kappa shape index (κ3) is 5.24. The first-order valence-electron chi connectivity index (χ1n) is 10.7. The molecular weight excluding hydrogens is 362 g/mol. The molecule has 1 aliphatic carbocycles. The maximum atomic E-state index is 12.6. The summed E-state index contributed by atoms with van der Waals surface area (Å²) in [6.45, 7) is 7.09. The molecule has 1 saturated heterocycles. The van der Waals surface area contributed by atoms with Crippen molar-refractivity contribution in [3.63, 3.8) is 0 Å². The molecule has 1 heterocycles. The minimum atomic E-state index is -0.264. The topological polar surface area (TPSA) is 53.6 Å². The fourth-order valence-electron chi connectivity index (χ4n) is 4.14. The van der Waals surface area contributed by atoms with Crippen molar-refractivity contribution in [2.75, 3.05) is 31.6 Å². The molecule has 4 rings (SSSR count). The number of morpholine rings is 1. The molecule has 0 saturated carbocycles. The summed E-state index contributed by atoms with van der Waals surface area (Å²) in [5, 5.41) is 6.46. The third-order valence-corrected chi connectivity index (χ3v) is 5.97. The highest BCUT2D eigenvalue weighted by Gasteiger charge is 2.17. The molecule has 5 heteroatoms. The molecule has 0 spiro atoms. The molecule has 0 aromatic heterocycles. The zero-order valence-electron chi connectivity index (χ0n) is 17.2. The molecule has 0 radical (unpaired) electrons. The number of hydrogen-bond donors (Lipinski definition) is 2. The van der Waals surface area contributed by atoms with Crippen LogP contribution in [0.5, 0.6) is 0 Å². The van der Waals surface area contributed by atoms with Crippen LogP contribution in [0.4, 0.5) is 5.69 Å². The second kappa shape index (κ2) is 9.53. The van der Waals surface area contributed by atoms with E-state index in [-0.39, 0.29) is 11.9 Å². The summed E-state index contributed by atoms with van der Waals surface area (Å²) in [7, 11) is 0. The van der Waals surface area contributed by atoms with Gasteiger partial charge in [0.05, 0.1) is 19.3 Å². The van der Waals surface area contributed by atoms with Gasteiger partial charge in [0, 0.05) is 31.9 Å². The maximum absolute atomic E-state index is 12.6. The van der Waals surface area contributed by atoms with Gasteiger partial charge in [-0.15, -0.1) is 0 Å². The molecule has 0 unspecified atom stereocenters. The molecule has 29 heavy (non-hydrogen) atoms. The van der Waals surface area contributed by atoms with Crippen LogP contribution in [0.2, 0.25) is 0 Å². The summed E-state index contributed by atoms with van der Waals surface area (Å²) in [5.41, 5.74) is 6.26. The van der Waals surface area contributed by atoms with Gasteiger partial charge in [-0.1, -0.05) is 30.3 Å². The molecule has 154 valence electrons. The van der Waals surface area contributed by atoms with Crippen molar-refractivity contribution < 1.29 is 9.53 Å². The van der Waals surface area contributed by atoms with Crippen molar-refractivity contribution >= 4 is 11.6 Å². The first-order chi connectivity index (χ1) is 14.2. The van der Waals surface area contributed by atoms with Crippen molar-refractivity contribution in [2.24, 2.45) is 0 Å². The van der Waals surface area contributed by atoms with Crippen LogP contribution in [0.1, 0.15) is 35.6 Å². The number of aryl methyl sites for hydroxylation is 2. The van der Waals surface area contributed by atoms with Crippen LogP contribution in [0.25, 0.3) is 0 Å². The van der Waals surface area contributed by atoms with Crippen molar-refractivity contribution in [3.8, 4) is 0 Å². The molecule has 1 atom stereocenters. The van der Waals surface area contributed by atoms with Crippen molar-refractivity contribution in [3.05, 3.63) is 64.7 Å². The van der Waals surface area contributed by atoms with Gasteiger partial charge in [-0.3, -0.25) is 9.69 Å². The largest absolute Gasteiger partial charge is 0.379 e. The van der Waals surface area contributed by atoms with E-state index in [9.17, 15) is 4.79 Å². The standard InChI is InChI=1S/C24H31N3O2/c1-18(24(28)26-23-10-9-19-7-4-8-20(19)15-23)25-16-21-5-2-3-6-22(21)17-27-11-13-29-14-12-27/h2-3,5-6,9-10,15,18,25H,4,7-8,11-14,16-17H2,1H3,(H,26,28)/t18-/m1/s1. The highest BCUT2D eigenvalue weighted by atomic mass is 16.5. The number of fused-ring (bicyclic) bond motifs is 1. The summed E-state index contributed by atoms with van der Waals surface area (Å²) in [6, 6.07) is 14.5. The fraction of sp³-hybridized carbons (Fsp3) is 0.458. The number of rotatable bonds is 7. The Labute approximate surface area is 173 Å². The number of benzene rings is 2. The molecular formula is C24H31N3O2. The van der Waals surface area contributed by atoms with E-state index in [0.29, 0.717) is 6.54 Å². The van der Waals surface area contributed by atoms with Crippen LogP contribution < -0.4 is 10.6 Å². The second-order valence-corrected chi connectivity index (χ2v) is 8.09. The maximum Gasteiger partial charge on any atom is 0.241 e. The van der Waals surface area contributed by atoms with Crippen molar-refractivity contribution in [2.45, 2.75) is 45.3 Å². The minimum Gasteiger partial charge on any atom is -0.379 e. The van der Waals surface area contributed by atoms with E-state index in [1.54, 1.807) is 0 Å². The summed E-state index contributed by atoms with van der Waals surface area (Å²) in [6.07, 6.45) is 3.49. The van der Waals surface area contributed by atoms with E-state index in [1.807, 2.05) is 13.0 Å². The van der Waals surface area contributed by atoms with Crippen molar-refractivity contribution in [1.82, 2.24) is 10.2 Å².